The number of nitriles is 1. The molecule has 2 amide bonds. The van der Waals surface area contributed by atoms with Gasteiger partial charge in [0.25, 0.3) is 5.91 Å². The van der Waals surface area contributed by atoms with E-state index in [0.717, 1.165) is 16.7 Å². The summed E-state index contributed by atoms with van der Waals surface area (Å²) in [4.78, 5) is 23.3. The molecule has 7 nitrogen and oxygen atoms in total. The minimum atomic E-state index is -0.390. The van der Waals surface area contributed by atoms with Gasteiger partial charge in [0.1, 0.15) is 5.75 Å². The average Bonchev–Trinajstić information content (AvgIpc) is 2.81. The molecule has 0 spiro atoms. The lowest BCUT2D eigenvalue weighted by Gasteiger charge is -2.08. The van der Waals surface area contributed by atoms with Gasteiger partial charge in [0.15, 0.2) is 6.61 Å². The van der Waals surface area contributed by atoms with Gasteiger partial charge in [-0.1, -0.05) is 36.4 Å². The number of hydrazone groups is 1. The number of hydrogen-bond donors (Lipinski definition) is 2. The second-order valence-electron chi connectivity index (χ2n) is 7.00. The summed E-state index contributed by atoms with van der Waals surface area (Å²) in [6, 6.07) is 23.9. The molecular formula is C25H22N4O3. The number of hydrogen-bond acceptors (Lipinski definition) is 5. The number of amides is 2. The highest BCUT2D eigenvalue weighted by Crippen LogP contribution is 2.22. The molecule has 0 atom stereocenters. The first-order chi connectivity index (χ1) is 15.4. The third-order valence-electron chi connectivity index (χ3n) is 4.52. The molecule has 0 aliphatic heterocycles. The standard InChI is InChI=1S/C25H22N4O3/c1-17(22-4-3-5-23(14-22)27-18(2)30)28-29-25(31)16-32-24-12-10-21(11-13-24)20-8-6-19(15-26)7-9-20/h3-14H,16H2,1-2H3,(H,27,30)(H,29,31)/b28-17+. The van der Waals surface area contributed by atoms with Crippen LogP contribution in [-0.2, 0) is 9.59 Å². The number of carbonyl (C=O) groups is 2. The van der Waals surface area contributed by atoms with Gasteiger partial charge in [0, 0.05) is 12.6 Å². The van der Waals surface area contributed by atoms with E-state index in [4.69, 9.17) is 10.00 Å². The van der Waals surface area contributed by atoms with Gasteiger partial charge in [-0.3, -0.25) is 9.59 Å². The van der Waals surface area contributed by atoms with Crippen molar-refractivity contribution >= 4 is 23.2 Å². The third kappa shape index (κ3) is 6.28. The van der Waals surface area contributed by atoms with Gasteiger partial charge in [-0.05, 0) is 60.0 Å². The Morgan fingerprint density at radius 2 is 1.62 bits per heavy atom. The molecule has 3 aromatic rings. The Labute approximate surface area is 186 Å². The molecule has 0 saturated carbocycles. The van der Waals surface area contributed by atoms with Gasteiger partial charge >= 0.3 is 0 Å². The van der Waals surface area contributed by atoms with Crippen molar-refractivity contribution in [3.05, 3.63) is 83.9 Å². The smallest absolute Gasteiger partial charge is 0.277 e. The number of carbonyl (C=O) groups excluding carboxylic acids is 2. The van der Waals surface area contributed by atoms with Gasteiger partial charge < -0.3 is 10.1 Å². The van der Waals surface area contributed by atoms with Crippen molar-refractivity contribution in [1.29, 1.82) is 5.26 Å². The molecule has 0 aliphatic rings. The summed E-state index contributed by atoms with van der Waals surface area (Å²) in [6.07, 6.45) is 0. The fourth-order valence-electron chi connectivity index (χ4n) is 2.90. The van der Waals surface area contributed by atoms with Crippen LogP contribution in [0.25, 0.3) is 11.1 Å². The first-order valence-electron chi connectivity index (χ1n) is 9.89. The fraction of sp³-hybridized carbons (Fsp3) is 0.120. The molecule has 0 fully saturated rings. The second-order valence-corrected chi connectivity index (χ2v) is 7.00. The molecule has 32 heavy (non-hydrogen) atoms. The zero-order chi connectivity index (χ0) is 22.9. The second kappa shape index (κ2) is 10.5. The molecule has 7 heteroatoms. The van der Waals surface area contributed by atoms with Crippen molar-refractivity contribution in [3.8, 4) is 22.9 Å². The lowest BCUT2D eigenvalue weighted by Crippen LogP contribution is -2.25. The monoisotopic (exact) mass is 426 g/mol. The van der Waals surface area contributed by atoms with Crippen molar-refractivity contribution < 1.29 is 14.3 Å². The maximum Gasteiger partial charge on any atom is 0.277 e. The Bertz CT molecular complexity index is 1180. The van der Waals surface area contributed by atoms with Crippen LogP contribution in [0.15, 0.2) is 77.9 Å². The zero-order valence-corrected chi connectivity index (χ0v) is 17.8. The summed E-state index contributed by atoms with van der Waals surface area (Å²) < 4.78 is 5.52. The van der Waals surface area contributed by atoms with Crippen LogP contribution in [0.2, 0.25) is 0 Å². The van der Waals surface area contributed by atoms with Crippen LogP contribution >= 0.6 is 0 Å². The molecule has 0 aromatic heterocycles. The van der Waals surface area contributed by atoms with Crippen LogP contribution in [0.3, 0.4) is 0 Å². The molecule has 2 N–H and O–H groups in total. The molecule has 0 unspecified atom stereocenters. The topological polar surface area (TPSA) is 104 Å². The largest absolute Gasteiger partial charge is 0.484 e. The van der Waals surface area contributed by atoms with Gasteiger partial charge in [0.2, 0.25) is 5.91 Å². The van der Waals surface area contributed by atoms with Crippen molar-refractivity contribution in [2.75, 3.05) is 11.9 Å². The molecule has 3 rings (SSSR count). The zero-order valence-electron chi connectivity index (χ0n) is 17.8. The van der Waals surface area contributed by atoms with E-state index >= 15 is 0 Å². The Balaban J connectivity index is 1.53. The number of nitrogens with one attached hydrogen (secondary N) is 2. The molecule has 3 aromatic carbocycles. The quantitative estimate of drug-likeness (QED) is 0.438. The molecule has 0 heterocycles. The van der Waals surface area contributed by atoms with Crippen LogP contribution in [0.1, 0.15) is 25.0 Å². The van der Waals surface area contributed by atoms with Crippen LogP contribution < -0.4 is 15.5 Å². The van der Waals surface area contributed by atoms with Crippen molar-refractivity contribution in [2.45, 2.75) is 13.8 Å². The summed E-state index contributed by atoms with van der Waals surface area (Å²) >= 11 is 0. The van der Waals surface area contributed by atoms with E-state index < -0.39 is 5.91 Å². The number of rotatable bonds is 7. The van der Waals surface area contributed by atoms with E-state index in [1.54, 1.807) is 49.4 Å². The number of nitrogens with zero attached hydrogens (tertiary/aromatic N) is 2. The van der Waals surface area contributed by atoms with E-state index in [0.29, 0.717) is 22.7 Å². The molecule has 0 radical (unpaired) electrons. The Morgan fingerprint density at radius 3 is 2.25 bits per heavy atom. The molecule has 0 bridgehead atoms. The predicted octanol–water partition coefficient (Wildman–Crippen LogP) is 4.10. The van der Waals surface area contributed by atoms with Gasteiger partial charge in [-0.25, -0.2) is 5.43 Å². The van der Waals surface area contributed by atoms with Crippen LogP contribution in [0, 0.1) is 11.3 Å². The Hall–Kier alpha value is -4.44. The SMILES string of the molecule is CC(=O)Nc1cccc(/C(C)=N/NC(=O)COc2ccc(-c3ccc(C#N)cc3)cc2)c1. The number of anilines is 1. The average molecular weight is 426 g/mol. The van der Waals surface area contributed by atoms with E-state index in [-0.39, 0.29) is 12.5 Å². The van der Waals surface area contributed by atoms with Gasteiger partial charge in [0.05, 0.1) is 17.3 Å². The van der Waals surface area contributed by atoms with E-state index in [9.17, 15) is 9.59 Å². The minimum absolute atomic E-state index is 0.160. The van der Waals surface area contributed by atoms with E-state index in [2.05, 4.69) is 21.9 Å². The predicted molar refractivity (Wildman–Crippen MR) is 123 cm³/mol. The van der Waals surface area contributed by atoms with Crippen LogP contribution in [0.4, 0.5) is 5.69 Å². The highest BCUT2D eigenvalue weighted by Gasteiger charge is 2.05. The van der Waals surface area contributed by atoms with Crippen LogP contribution in [-0.4, -0.2) is 24.1 Å². The Kier molecular flexibility index (Phi) is 7.33. The number of ether oxygens (including phenoxy) is 1. The van der Waals surface area contributed by atoms with Gasteiger partial charge in [-0.15, -0.1) is 0 Å². The molecule has 0 saturated heterocycles. The lowest BCUT2D eigenvalue weighted by atomic mass is 10.0. The Morgan fingerprint density at radius 1 is 0.969 bits per heavy atom. The van der Waals surface area contributed by atoms with E-state index in [1.165, 1.54) is 6.92 Å². The maximum absolute atomic E-state index is 12.1. The summed E-state index contributed by atoms with van der Waals surface area (Å²) in [5.41, 5.74) is 7.07. The van der Waals surface area contributed by atoms with Crippen molar-refractivity contribution in [2.24, 2.45) is 5.10 Å². The van der Waals surface area contributed by atoms with Crippen molar-refractivity contribution in [1.82, 2.24) is 5.43 Å². The summed E-state index contributed by atoms with van der Waals surface area (Å²) in [5.74, 6) is 0.00641. The van der Waals surface area contributed by atoms with Crippen molar-refractivity contribution in [3.63, 3.8) is 0 Å². The van der Waals surface area contributed by atoms with Crippen LogP contribution in [0.5, 0.6) is 5.75 Å². The highest BCUT2D eigenvalue weighted by atomic mass is 16.5. The lowest BCUT2D eigenvalue weighted by molar-refractivity contribution is -0.123. The molecule has 160 valence electrons. The highest BCUT2D eigenvalue weighted by molar-refractivity contribution is 6.00. The summed E-state index contributed by atoms with van der Waals surface area (Å²) in [7, 11) is 0. The van der Waals surface area contributed by atoms with E-state index in [1.807, 2.05) is 30.3 Å². The number of benzene rings is 3. The maximum atomic E-state index is 12.1. The first-order valence-corrected chi connectivity index (χ1v) is 9.89. The fourth-order valence-corrected chi connectivity index (χ4v) is 2.90. The normalized spacial score (nSPS) is 10.7. The molecular weight excluding hydrogens is 404 g/mol. The third-order valence-corrected chi connectivity index (χ3v) is 4.52. The minimum Gasteiger partial charge on any atom is -0.484 e. The molecule has 0 aliphatic carbocycles. The summed E-state index contributed by atoms with van der Waals surface area (Å²) in [5, 5.41) is 15.7. The van der Waals surface area contributed by atoms with Gasteiger partial charge in [-0.2, -0.15) is 10.4 Å². The first kappa shape index (κ1) is 22.2. The summed E-state index contributed by atoms with van der Waals surface area (Å²) in [6.45, 7) is 3.02.